The summed E-state index contributed by atoms with van der Waals surface area (Å²) < 4.78 is 5.40. The number of nitrogens with zero attached hydrogens (tertiary/aromatic N) is 3. The molecule has 172 valence electrons. The van der Waals surface area contributed by atoms with Crippen molar-refractivity contribution in [3.05, 3.63) is 30.1 Å². The van der Waals surface area contributed by atoms with Crippen LogP contribution < -0.4 is 10.6 Å². The molecule has 31 heavy (non-hydrogen) atoms. The molecule has 0 saturated carbocycles. The number of amides is 1. The molecule has 1 atom stereocenters. The van der Waals surface area contributed by atoms with E-state index in [4.69, 9.17) is 4.74 Å². The molecule has 1 heterocycles. The highest BCUT2D eigenvalue weighted by atomic mass is 16.6. The number of carbonyl (C=O) groups excluding carboxylic acids is 1. The minimum absolute atomic E-state index is 0.0194. The lowest BCUT2D eigenvalue weighted by Gasteiger charge is -2.28. The van der Waals surface area contributed by atoms with E-state index in [2.05, 4.69) is 44.3 Å². The number of aromatic amines is 1. The molecule has 0 spiro atoms. The number of benzene rings is 1. The van der Waals surface area contributed by atoms with E-state index >= 15 is 0 Å². The van der Waals surface area contributed by atoms with Gasteiger partial charge in [-0.15, -0.1) is 0 Å². The van der Waals surface area contributed by atoms with E-state index < -0.39 is 5.60 Å². The van der Waals surface area contributed by atoms with E-state index in [-0.39, 0.29) is 12.1 Å². The molecule has 8 heteroatoms. The molecule has 0 fully saturated rings. The number of alkyl carbamates (subject to hydrolysis) is 1. The van der Waals surface area contributed by atoms with Crippen molar-refractivity contribution < 1.29 is 9.53 Å². The van der Waals surface area contributed by atoms with Gasteiger partial charge in [0.2, 0.25) is 0 Å². The van der Waals surface area contributed by atoms with E-state index in [0.29, 0.717) is 5.92 Å². The van der Waals surface area contributed by atoms with Crippen LogP contribution in [0.25, 0.3) is 11.0 Å². The smallest absolute Gasteiger partial charge is 0.407 e. The number of aliphatic imine (C=N–C) groups is 1. The standard InChI is InChI=1S/C23H38N6O2/c1-16(2)17(28-22(30)31-23(3,4)5)13-15-29(7)21(24-6)25-14-12-20-26-18-10-8-9-11-19(18)27-20/h8-11,16-17H,12-15H2,1-7H3,(H,24,25)(H,26,27)(H,28,30). The number of rotatable bonds is 8. The summed E-state index contributed by atoms with van der Waals surface area (Å²) in [6, 6.07) is 8.05. The summed E-state index contributed by atoms with van der Waals surface area (Å²) in [5.74, 6) is 2.06. The zero-order valence-corrected chi connectivity index (χ0v) is 20.0. The first-order valence-corrected chi connectivity index (χ1v) is 10.9. The van der Waals surface area contributed by atoms with E-state index in [1.165, 1.54) is 0 Å². The first-order chi connectivity index (χ1) is 14.6. The van der Waals surface area contributed by atoms with Crippen LogP contribution in [0.15, 0.2) is 29.3 Å². The summed E-state index contributed by atoms with van der Waals surface area (Å²) in [5, 5.41) is 6.39. The van der Waals surface area contributed by atoms with Crippen molar-refractivity contribution in [3.63, 3.8) is 0 Å². The third-order valence-corrected chi connectivity index (χ3v) is 4.94. The number of ether oxygens (including phenoxy) is 1. The van der Waals surface area contributed by atoms with Crippen LogP contribution in [-0.4, -0.2) is 65.7 Å². The number of H-pyrrole nitrogens is 1. The second-order valence-electron chi connectivity index (χ2n) is 9.13. The maximum atomic E-state index is 12.2. The topological polar surface area (TPSA) is 94.6 Å². The number of hydrogen-bond acceptors (Lipinski definition) is 4. The number of aromatic nitrogens is 2. The summed E-state index contributed by atoms with van der Waals surface area (Å²) >= 11 is 0. The number of para-hydroxylation sites is 2. The van der Waals surface area contributed by atoms with Crippen LogP contribution in [0.4, 0.5) is 4.79 Å². The molecule has 2 rings (SSSR count). The molecule has 3 N–H and O–H groups in total. The van der Waals surface area contributed by atoms with Crippen LogP contribution in [0.5, 0.6) is 0 Å². The average Bonchev–Trinajstić information content (AvgIpc) is 3.09. The number of nitrogens with one attached hydrogen (secondary N) is 3. The van der Waals surface area contributed by atoms with Gasteiger partial charge in [0.25, 0.3) is 0 Å². The molecule has 1 unspecified atom stereocenters. The molecule has 0 bridgehead atoms. The van der Waals surface area contributed by atoms with Gasteiger partial charge in [0, 0.05) is 39.6 Å². The Morgan fingerprint density at radius 2 is 2.00 bits per heavy atom. The largest absolute Gasteiger partial charge is 0.444 e. The van der Waals surface area contributed by atoms with Crippen molar-refractivity contribution in [2.45, 2.75) is 59.1 Å². The van der Waals surface area contributed by atoms with Gasteiger partial charge in [0.15, 0.2) is 5.96 Å². The Labute approximate surface area is 185 Å². The van der Waals surface area contributed by atoms with Crippen LogP contribution >= 0.6 is 0 Å². The summed E-state index contributed by atoms with van der Waals surface area (Å²) in [4.78, 5) is 26.6. The SMILES string of the molecule is CN=C(NCCc1nc2ccccc2[nH]1)N(C)CCC(NC(=O)OC(C)(C)C)C(C)C. The highest BCUT2D eigenvalue weighted by Gasteiger charge is 2.22. The van der Waals surface area contributed by atoms with Crippen LogP contribution in [0.1, 0.15) is 46.9 Å². The predicted molar refractivity (Wildman–Crippen MR) is 126 cm³/mol. The third-order valence-electron chi connectivity index (χ3n) is 4.94. The monoisotopic (exact) mass is 430 g/mol. The van der Waals surface area contributed by atoms with Crippen LogP contribution in [-0.2, 0) is 11.2 Å². The first kappa shape index (κ1) is 24.5. The molecule has 0 radical (unpaired) electrons. The van der Waals surface area contributed by atoms with Gasteiger partial charge in [0.05, 0.1) is 11.0 Å². The van der Waals surface area contributed by atoms with Gasteiger partial charge in [-0.25, -0.2) is 9.78 Å². The fraction of sp³-hybridized carbons (Fsp3) is 0.609. The Balaban J connectivity index is 1.82. The van der Waals surface area contributed by atoms with Crippen molar-refractivity contribution in [2.24, 2.45) is 10.9 Å². The molecule has 2 aromatic rings. The molecule has 1 aromatic heterocycles. The van der Waals surface area contributed by atoms with Crippen molar-refractivity contribution in [3.8, 4) is 0 Å². The number of fused-ring (bicyclic) bond motifs is 1. The van der Waals surface area contributed by atoms with E-state index in [1.807, 2.05) is 52.1 Å². The van der Waals surface area contributed by atoms with Gasteiger partial charge in [-0.3, -0.25) is 4.99 Å². The van der Waals surface area contributed by atoms with Crippen molar-refractivity contribution in [1.29, 1.82) is 0 Å². The van der Waals surface area contributed by atoms with Crippen molar-refractivity contribution in [1.82, 2.24) is 25.5 Å². The van der Waals surface area contributed by atoms with Crippen LogP contribution in [0.3, 0.4) is 0 Å². The van der Waals surface area contributed by atoms with Gasteiger partial charge in [-0.05, 0) is 45.2 Å². The second kappa shape index (κ2) is 11.0. The third kappa shape index (κ3) is 8.11. The molecule has 1 aromatic carbocycles. The number of carbonyl (C=O) groups is 1. The Hall–Kier alpha value is -2.77. The summed E-state index contributed by atoms with van der Waals surface area (Å²) in [7, 11) is 3.78. The van der Waals surface area contributed by atoms with E-state index in [9.17, 15) is 4.79 Å². The van der Waals surface area contributed by atoms with Crippen molar-refractivity contribution in [2.75, 3.05) is 27.2 Å². The Bertz CT molecular complexity index is 835. The molecule has 0 saturated heterocycles. The van der Waals surface area contributed by atoms with Gasteiger partial charge >= 0.3 is 6.09 Å². The maximum absolute atomic E-state index is 12.2. The fourth-order valence-corrected chi connectivity index (χ4v) is 3.27. The lowest BCUT2D eigenvalue weighted by molar-refractivity contribution is 0.0486. The van der Waals surface area contributed by atoms with Gasteiger partial charge in [0.1, 0.15) is 11.4 Å². The number of hydrogen-bond donors (Lipinski definition) is 3. The molecule has 8 nitrogen and oxygen atoms in total. The normalized spacial score (nSPS) is 13.4. The van der Waals surface area contributed by atoms with Crippen LogP contribution in [0.2, 0.25) is 0 Å². The Morgan fingerprint density at radius 1 is 1.29 bits per heavy atom. The van der Waals surface area contributed by atoms with E-state index in [0.717, 1.165) is 48.7 Å². The quantitative estimate of drug-likeness (QED) is 0.440. The second-order valence-corrected chi connectivity index (χ2v) is 9.13. The van der Waals surface area contributed by atoms with Gasteiger partial charge < -0.3 is 25.3 Å². The summed E-state index contributed by atoms with van der Waals surface area (Å²) in [6.45, 7) is 11.3. The molecule has 1 amide bonds. The van der Waals surface area contributed by atoms with Gasteiger partial charge in [-0.1, -0.05) is 26.0 Å². The summed E-state index contributed by atoms with van der Waals surface area (Å²) in [6.07, 6.45) is 1.19. The Morgan fingerprint density at radius 3 is 2.61 bits per heavy atom. The summed E-state index contributed by atoms with van der Waals surface area (Å²) in [5.41, 5.74) is 1.53. The number of guanidine groups is 1. The predicted octanol–water partition coefficient (Wildman–Crippen LogP) is 3.55. The highest BCUT2D eigenvalue weighted by Crippen LogP contribution is 2.12. The number of imidazole rings is 1. The molecule has 0 aliphatic heterocycles. The minimum atomic E-state index is -0.506. The molecule has 0 aliphatic rings. The molecular weight excluding hydrogens is 392 g/mol. The zero-order chi connectivity index (χ0) is 23.0. The van der Waals surface area contributed by atoms with Crippen molar-refractivity contribution >= 4 is 23.1 Å². The minimum Gasteiger partial charge on any atom is -0.444 e. The average molecular weight is 431 g/mol. The lowest BCUT2D eigenvalue weighted by Crippen LogP contribution is -2.45. The van der Waals surface area contributed by atoms with E-state index in [1.54, 1.807) is 7.05 Å². The highest BCUT2D eigenvalue weighted by molar-refractivity contribution is 5.79. The van der Waals surface area contributed by atoms with Crippen LogP contribution in [0, 0.1) is 5.92 Å². The lowest BCUT2D eigenvalue weighted by atomic mass is 10.0. The molecule has 0 aliphatic carbocycles. The molecular formula is C23H38N6O2. The van der Waals surface area contributed by atoms with Gasteiger partial charge in [-0.2, -0.15) is 0 Å². The Kier molecular flexibility index (Phi) is 8.71. The fourth-order valence-electron chi connectivity index (χ4n) is 3.27. The zero-order valence-electron chi connectivity index (χ0n) is 20.0. The first-order valence-electron chi connectivity index (χ1n) is 10.9. The maximum Gasteiger partial charge on any atom is 0.407 e.